The summed E-state index contributed by atoms with van der Waals surface area (Å²) in [7, 11) is 1.70. The van der Waals surface area contributed by atoms with Crippen molar-refractivity contribution < 1.29 is 4.74 Å². The van der Waals surface area contributed by atoms with E-state index in [1.165, 1.54) is 32.7 Å². The molecule has 4 aromatic carbocycles. The van der Waals surface area contributed by atoms with E-state index < -0.39 is 0 Å². The van der Waals surface area contributed by atoms with Crippen LogP contribution in [0.25, 0.3) is 32.7 Å². The topological polar surface area (TPSA) is 9.23 Å². The highest BCUT2D eigenvalue weighted by atomic mass is 16.5. The molecule has 0 atom stereocenters. The number of benzene rings is 4. The monoisotopic (exact) mass is 314 g/mol. The van der Waals surface area contributed by atoms with Crippen molar-refractivity contribution in [2.75, 3.05) is 7.11 Å². The van der Waals surface area contributed by atoms with Gasteiger partial charge in [0, 0.05) is 0 Å². The van der Waals surface area contributed by atoms with Crippen molar-refractivity contribution in [2.45, 2.75) is 13.8 Å². The second kappa shape index (κ2) is 7.18. The molecule has 0 saturated heterocycles. The third-order valence-electron chi connectivity index (χ3n) is 4.13. The van der Waals surface area contributed by atoms with E-state index in [0.717, 1.165) is 5.75 Å². The first-order chi connectivity index (χ1) is 11.8. The molecule has 1 nitrogen and oxygen atoms in total. The van der Waals surface area contributed by atoms with Crippen molar-refractivity contribution in [3.63, 3.8) is 0 Å². The van der Waals surface area contributed by atoms with Gasteiger partial charge in [-0.25, -0.2) is 0 Å². The molecule has 1 heteroatoms. The minimum absolute atomic E-state index is 0.892. The second-order valence-corrected chi connectivity index (χ2v) is 5.49. The average Bonchev–Trinajstić information content (AvgIpc) is 2.68. The second-order valence-electron chi connectivity index (χ2n) is 5.49. The highest BCUT2D eigenvalue weighted by molar-refractivity contribution is 5.91. The van der Waals surface area contributed by atoms with Gasteiger partial charge in [-0.3, -0.25) is 0 Å². The van der Waals surface area contributed by atoms with Gasteiger partial charge in [-0.15, -0.1) is 0 Å². The molecule has 0 amide bonds. The Balaban J connectivity index is 0.000000815. The van der Waals surface area contributed by atoms with E-state index in [1.807, 2.05) is 19.9 Å². The van der Waals surface area contributed by atoms with Gasteiger partial charge in [-0.05, 0) is 56.9 Å². The molecule has 4 rings (SSSR count). The molecule has 0 saturated carbocycles. The van der Waals surface area contributed by atoms with Crippen LogP contribution < -0.4 is 4.74 Å². The van der Waals surface area contributed by atoms with E-state index in [2.05, 4.69) is 72.8 Å². The smallest absolute Gasteiger partial charge is 0.119 e. The van der Waals surface area contributed by atoms with Gasteiger partial charge < -0.3 is 4.74 Å². The third kappa shape index (κ3) is 3.11. The molecule has 24 heavy (non-hydrogen) atoms. The van der Waals surface area contributed by atoms with Crippen molar-refractivity contribution in [2.24, 2.45) is 0 Å². The van der Waals surface area contributed by atoms with E-state index in [1.54, 1.807) is 7.11 Å². The lowest BCUT2D eigenvalue weighted by molar-refractivity contribution is 0.415. The summed E-state index contributed by atoms with van der Waals surface area (Å²) in [5.41, 5.74) is 2.47. The summed E-state index contributed by atoms with van der Waals surface area (Å²) in [6.07, 6.45) is 0. The molecule has 4 aromatic rings. The Hall–Kier alpha value is -2.80. The molecule has 0 heterocycles. The zero-order valence-corrected chi connectivity index (χ0v) is 14.4. The van der Waals surface area contributed by atoms with Crippen LogP contribution in [-0.2, 0) is 0 Å². The number of methoxy groups -OCH3 is 1. The van der Waals surface area contributed by atoms with Crippen LogP contribution >= 0.6 is 0 Å². The molecule has 0 radical (unpaired) electrons. The zero-order valence-electron chi connectivity index (χ0n) is 14.4. The SMILES string of the molecule is CC.COc1ccc2ccc(-c3ccc4ccccc4c3)cc2c1. The molecule has 0 bridgehead atoms. The molecular weight excluding hydrogens is 292 g/mol. The number of rotatable bonds is 2. The highest BCUT2D eigenvalue weighted by Crippen LogP contribution is 2.29. The number of hydrogen-bond donors (Lipinski definition) is 0. The first-order valence-corrected chi connectivity index (χ1v) is 8.40. The maximum atomic E-state index is 5.33. The average molecular weight is 314 g/mol. The number of fused-ring (bicyclic) bond motifs is 2. The summed E-state index contributed by atoms with van der Waals surface area (Å²) >= 11 is 0. The lowest BCUT2D eigenvalue weighted by Crippen LogP contribution is -1.84. The Morgan fingerprint density at radius 2 is 1.08 bits per heavy atom. The number of ether oxygens (including phenoxy) is 1. The standard InChI is InChI=1S/C21H16O.C2H6/c1-22-21-11-10-16-7-9-19(13-20(16)14-21)18-8-6-15-4-2-3-5-17(15)12-18;1-2/h2-14H,1H3;1-2H3. The Bertz CT molecular complexity index is 970. The quantitative estimate of drug-likeness (QED) is 0.400. The van der Waals surface area contributed by atoms with E-state index in [4.69, 9.17) is 4.74 Å². The van der Waals surface area contributed by atoms with Gasteiger partial charge in [0.05, 0.1) is 7.11 Å². The minimum Gasteiger partial charge on any atom is -0.497 e. The Labute approximate surface area is 143 Å². The van der Waals surface area contributed by atoms with Gasteiger partial charge >= 0.3 is 0 Å². The zero-order chi connectivity index (χ0) is 16.9. The van der Waals surface area contributed by atoms with Crippen LogP contribution in [0.5, 0.6) is 5.75 Å². The molecule has 0 N–H and O–H groups in total. The van der Waals surface area contributed by atoms with Crippen LogP contribution in [0.4, 0.5) is 0 Å². The van der Waals surface area contributed by atoms with Gasteiger partial charge in [0.15, 0.2) is 0 Å². The molecule has 0 aromatic heterocycles. The van der Waals surface area contributed by atoms with E-state index >= 15 is 0 Å². The molecule has 0 fully saturated rings. The van der Waals surface area contributed by atoms with Gasteiger partial charge in [0.2, 0.25) is 0 Å². The maximum Gasteiger partial charge on any atom is 0.119 e. The molecule has 0 unspecified atom stereocenters. The summed E-state index contributed by atoms with van der Waals surface area (Å²) in [5, 5.41) is 4.97. The van der Waals surface area contributed by atoms with Crippen molar-refractivity contribution in [1.29, 1.82) is 0 Å². The highest BCUT2D eigenvalue weighted by Gasteiger charge is 2.02. The van der Waals surface area contributed by atoms with Gasteiger partial charge in [-0.2, -0.15) is 0 Å². The number of hydrogen-bond acceptors (Lipinski definition) is 1. The predicted molar refractivity (Wildman–Crippen MR) is 105 cm³/mol. The lowest BCUT2D eigenvalue weighted by atomic mass is 9.98. The van der Waals surface area contributed by atoms with E-state index in [9.17, 15) is 0 Å². The van der Waals surface area contributed by atoms with Crippen molar-refractivity contribution in [1.82, 2.24) is 0 Å². The Kier molecular flexibility index (Phi) is 4.81. The third-order valence-corrected chi connectivity index (χ3v) is 4.13. The van der Waals surface area contributed by atoms with Crippen molar-refractivity contribution >= 4 is 21.5 Å². The van der Waals surface area contributed by atoms with Crippen LogP contribution in [0.3, 0.4) is 0 Å². The van der Waals surface area contributed by atoms with Gasteiger partial charge in [0.1, 0.15) is 5.75 Å². The summed E-state index contributed by atoms with van der Waals surface area (Å²) in [4.78, 5) is 0. The molecule has 0 aliphatic rings. The maximum absolute atomic E-state index is 5.33. The summed E-state index contributed by atoms with van der Waals surface area (Å²) in [6.45, 7) is 4.00. The van der Waals surface area contributed by atoms with Gasteiger partial charge in [-0.1, -0.05) is 68.4 Å². The minimum atomic E-state index is 0.892. The Morgan fingerprint density at radius 3 is 1.75 bits per heavy atom. The largest absolute Gasteiger partial charge is 0.497 e. The summed E-state index contributed by atoms with van der Waals surface area (Å²) < 4.78 is 5.33. The fraction of sp³-hybridized carbons (Fsp3) is 0.130. The van der Waals surface area contributed by atoms with Crippen molar-refractivity contribution in [3.05, 3.63) is 78.9 Å². The lowest BCUT2D eigenvalue weighted by Gasteiger charge is -2.07. The molecular formula is C23H22O. The normalized spacial score (nSPS) is 10.3. The first-order valence-electron chi connectivity index (χ1n) is 8.40. The fourth-order valence-corrected chi connectivity index (χ4v) is 2.90. The van der Waals surface area contributed by atoms with Crippen LogP contribution in [0.1, 0.15) is 13.8 Å². The van der Waals surface area contributed by atoms with E-state index in [-0.39, 0.29) is 0 Å². The Morgan fingerprint density at radius 1 is 0.542 bits per heavy atom. The van der Waals surface area contributed by atoms with Crippen LogP contribution in [0.2, 0.25) is 0 Å². The summed E-state index contributed by atoms with van der Waals surface area (Å²) in [5.74, 6) is 0.892. The first kappa shape index (κ1) is 16.1. The molecule has 0 aliphatic heterocycles. The van der Waals surface area contributed by atoms with Gasteiger partial charge in [0.25, 0.3) is 0 Å². The fourth-order valence-electron chi connectivity index (χ4n) is 2.90. The summed E-state index contributed by atoms with van der Waals surface area (Å²) in [6, 6.07) is 27.8. The van der Waals surface area contributed by atoms with Crippen LogP contribution in [-0.4, -0.2) is 7.11 Å². The van der Waals surface area contributed by atoms with Crippen LogP contribution in [0.15, 0.2) is 78.9 Å². The van der Waals surface area contributed by atoms with Crippen LogP contribution in [0, 0.1) is 0 Å². The molecule has 120 valence electrons. The van der Waals surface area contributed by atoms with Crippen molar-refractivity contribution in [3.8, 4) is 16.9 Å². The molecule has 0 spiro atoms. The predicted octanol–water partition coefficient (Wildman–Crippen LogP) is 6.69. The van der Waals surface area contributed by atoms with E-state index in [0.29, 0.717) is 0 Å². The molecule has 0 aliphatic carbocycles.